The number of rotatable bonds is 5. The number of piperidine rings is 1. The molecule has 26 heavy (non-hydrogen) atoms. The summed E-state index contributed by atoms with van der Waals surface area (Å²) in [5, 5.41) is 8.06. The maximum Gasteiger partial charge on any atom is 0.127 e. The number of hydrogen-bond acceptors (Lipinski definition) is 4. The normalized spacial score (nSPS) is 23.2. The molecule has 1 fully saturated rings. The van der Waals surface area contributed by atoms with E-state index >= 15 is 0 Å². The van der Waals surface area contributed by atoms with Crippen molar-refractivity contribution in [3.63, 3.8) is 0 Å². The Morgan fingerprint density at radius 1 is 1.23 bits per heavy atom. The van der Waals surface area contributed by atoms with Gasteiger partial charge < -0.3 is 10.1 Å². The SMILES string of the molecule is CN1CCC[C@@H](CNCC2=Cc3ccccc3OC2)[C@@H]1c1ccnn1C. The van der Waals surface area contributed by atoms with Crippen LogP contribution in [-0.2, 0) is 7.05 Å². The molecule has 4 rings (SSSR count). The zero-order chi connectivity index (χ0) is 17.9. The molecule has 1 aromatic carbocycles. The molecule has 1 aromatic heterocycles. The van der Waals surface area contributed by atoms with Gasteiger partial charge in [-0.3, -0.25) is 9.58 Å². The van der Waals surface area contributed by atoms with Crippen LogP contribution < -0.4 is 10.1 Å². The smallest absolute Gasteiger partial charge is 0.127 e. The molecule has 2 aliphatic rings. The Balaban J connectivity index is 1.39. The number of benzene rings is 1. The summed E-state index contributed by atoms with van der Waals surface area (Å²) in [6.45, 7) is 3.73. The lowest BCUT2D eigenvalue weighted by Crippen LogP contribution is -2.41. The van der Waals surface area contributed by atoms with Gasteiger partial charge >= 0.3 is 0 Å². The van der Waals surface area contributed by atoms with Crippen molar-refractivity contribution < 1.29 is 4.74 Å². The van der Waals surface area contributed by atoms with Crippen LogP contribution >= 0.6 is 0 Å². The molecule has 0 aliphatic carbocycles. The Labute approximate surface area is 155 Å². The Morgan fingerprint density at radius 2 is 2.12 bits per heavy atom. The minimum atomic E-state index is 0.432. The molecule has 5 nitrogen and oxygen atoms in total. The maximum absolute atomic E-state index is 5.86. The van der Waals surface area contributed by atoms with Crippen molar-refractivity contribution in [2.75, 3.05) is 33.3 Å². The van der Waals surface area contributed by atoms with E-state index in [2.05, 4.69) is 46.6 Å². The molecular weight excluding hydrogens is 324 g/mol. The third-order valence-corrected chi connectivity index (χ3v) is 5.62. The second kappa shape index (κ2) is 7.64. The second-order valence-electron chi connectivity index (χ2n) is 7.47. The third kappa shape index (κ3) is 3.55. The highest BCUT2D eigenvalue weighted by atomic mass is 16.5. The van der Waals surface area contributed by atoms with Gasteiger partial charge in [-0.05, 0) is 56.1 Å². The number of nitrogens with zero attached hydrogens (tertiary/aromatic N) is 3. The number of ether oxygens (including phenoxy) is 1. The number of aryl methyl sites for hydroxylation is 1. The zero-order valence-corrected chi connectivity index (χ0v) is 15.7. The summed E-state index contributed by atoms with van der Waals surface area (Å²) in [7, 11) is 4.28. The lowest BCUT2D eigenvalue weighted by Gasteiger charge is -2.39. The van der Waals surface area contributed by atoms with E-state index in [1.807, 2.05) is 30.1 Å². The van der Waals surface area contributed by atoms with Crippen molar-refractivity contribution in [2.45, 2.75) is 18.9 Å². The van der Waals surface area contributed by atoms with Crippen molar-refractivity contribution >= 4 is 6.08 Å². The van der Waals surface area contributed by atoms with Crippen LogP contribution in [-0.4, -0.2) is 48.0 Å². The average Bonchev–Trinajstić information content (AvgIpc) is 3.07. The fraction of sp³-hybridized carbons (Fsp3) is 0.476. The molecule has 0 radical (unpaired) electrons. The topological polar surface area (TPSA) is 42.3 Å². The van der Waals surface area contributed by atoms with E-state index < -0.39 is 0 Å². The molecule has 138 valence electrons. The van der Waals surface area contributed by atoms with Crippen molar-refractivity contribution in [1.29, 1.82) is 0 Å². The number of aromatic nitrogens is 2. The van der Waals surface area contributed by atoms with Gasteiger partial charge in [0.15, 0.2) is 0 Å². The van der Waals surface area contributed by atoms with Crippen molar-refractivity contribution in [1.82, 2.24) is 20.0 Å². The van der Waals surface area contributed by atoms with Crippen LogP contribution in [0, 0.1) is 5.92 Å². The van der Waals surface area contributed by atoms with E-state index in [4.69, 9.17) is 4.74 Å². The summed E-state index contributed by atoms with van der Waals surface area (Å²) in [5.41, 5.74) is 3.80. The summed E-state index contributed by atoms with van der Waals surface area (Å²) >= 11 is 0. The van der Waals surface area contributed by atoms with Crippen LogP contribution in [0.15, 0.2) is 42.1 Å². The van der Waals surface area contributed by atoms with Crippen LogP contribution in [0.1, 0.15) is 30.1 Å². The number of nitrogens with one attached hydrogen (secondary N) is 1. The molecule has 1 saturated heterocycles. The van der Waals surface area contributed by atoms with Gasteiger partial charge in [0.25, 0.3) is 0 Å². The van der Waals surface area contributed by atoms with E-state index in [0.717, 1.165) is 25.4 Å². The highest BCUT2D eigenvalue weighted by Crippen LogP contribution is 2.34. The monoisotopic (exact) mass is 352 g/mol. The highest BCUT2D eigenvalue weighted by molar-refractivity contribution is 5.62. The minimum absolute atomic E-state index is 0.432. The molecule has 0 saturated carbocycles. The van der Waals surface area contributed by atoms with E-state index in [0.29, 0.717) is 18.6 Å². The fourth-order valence-corrected chi connectivity index (χ4v) is 4.30. The first-order valence-corrected chi connectivity index (χ1v) is 9.52. The van der Waals surface area contributed by atoms with Gasteiger partial charge in [-0.1, -0.05) is 18.2 Å². The lowest BCUT2D eigenvalue weighted by atomic mass is 9.87. The predicted octanol–water partition coefficient (Wildman–Crippen LogP) is 2.87. The first-order chi connectivity index (χ1) is 12.7. The largest absolute Gasteiger partial charge is 0.489 e. The molecule has 0 spiro atoms. The lowest BCUT2D eigenvalue weighted by molar-refractivity contribution is 0.113. The molecule has 5 heteroatoms. The second-order valence-corrected chi connectivity index (χ2v) is 7.47. The first-order valence-electron chi connectivity index (χ1n) is 9.52. The van der Waals surface area contributed by atoms with E-state index in [9.17, 15) is 0 Å². The summed E-state index contributed by atoms with van der Waals surface area (Å²) in [4.78, 5) is 2.48. The summed E-state index contributed by atoms with van der Waals surface area (Å²) in [6, 6.07) is 10.8. The predicted molar refractivity (Wildman–Crippen MR) is 104 cm³/mol. The summed E-state index contributed by atoms with van der Waals surface area (Å²) in [6.07, 6.45) is 6.68. The number of para-hydroxylation sites is 1. The molecule has 0 unspecified atom stereocenters. The molecule has 2 atom stereocenters. The number of fused-ring (bicyclic) bond motifs is 1. The van der Waals surface area contributed by atoms with Crippen LogP contribution in [0.2, 0.25) is 0 Å². The van der Waals surface area contributed by atoms with Crippen molar-refractivity contribution in [3.8, 4) is 5.75 Å². The van der Waals surface area contributed by atoms with Crippen LogP contribution in [0.5, 0.6) is 5.75 Å². The van der Waals surface area contributed by atoms with Crippen LogP contribution in [0.25, 0.3) is 6.08 Å². The third-order valence-electron chi connectivity index (χ3n) is 5.62. The van der Waals surface area contributed by atoms with Gasteiger partial charge in [0.1, 0.15) is 12.4 Å². The Kier molecular flexibility index (Phi) is 5.09. The van der Waals surface area contributed by atoms with Crippen LogP contribution in [0.4, 0.5) is 0 Å². The molecule has 2 aromatic rings. The highest BCUT2D eigenvalue weighted by Gasteiger charge is 2.32. The van der Waals surface area contributed by atoms with Gasteiger partial charge in [0.05, 0.1) is 11.7 Å². The molecule has 2 aliphatic heterocycles. The van der Waals surface area contributed by atoms with E-state index in [1.54, 1.807) is 0 Å². The number of likely N-dealkylation sites (tertiary alicyclic amines) is 1. The van der Waals surface area contributed by atoms with Crippen molar-refractivity contribution in [3.05, 3.63) is 53.4 Å². The van der Waals surface area contributed by atoms with Crippen molar-refractivity contribution in [2.24, 2.45) is 13.0 Å². The van der Waals surface area contributed by atoms with Crippen LogP contribution in [0.3, 0.4) is 0 Å². The van der Waals surface area contributed by atoms with E-state index in [-0.39, 0.29) is 0 Å². The standard InChI is InChI=1S/C21H28N4O/c1-24-11-5-7-18(21(24)19-9-10-23-25(19)2)14-22-13-16-12-17-6-3-4-8-20(17)26-15-16/h3-4,6,8-10,12,18,21-22H,5,7,11,13-15H2,1-2H3/t18-,21+/m0/s1. The summed E-state index contributed by atoms with van der Waals surface area (Å²) in [5.74, 6) is 1.59. The minimum Gasteiger partial charge on any atom is -0.489 e. The molecular formula is C21H28N4O. The maximum atomic E-state index is 5.86. The molecule has 1 N–H and O–H groups in total. The van der Waals surface area contributed by atoms with Gasteiger partial charge in [-0.25, -0.2) is 0 Å². The van der Waals surface area contributed by atoms with Gasteiger partial charge in [-0.2, -0.15) is 5.10 Å². The zero-order valence-electron chi connectivity index (χ0n) is 15.7. The Morgan fingerprint density at radius 3 is 2.96 bits per heavy atom. The van der Waals surface area contributed by atoms with Gasteiger partial charge in [-0.15, -0.1) is 0 Å². The molecule has 3 heterocycles. The number of hydrogen-bond donors (Lipinski definition) is 1. The Bertz CT molecular complexity index is 782. The fourth-order valence-electron chi connectivity index (χ4n) is 4.30. The van der Waals surface area contributed by atoms with Gasteiger partial charge in [0, 0.05) is 31.9 Å². The first kappa shape index (κ1) is 17.3. The van der Waals surface area contributed by atoms with E-state index in [1.165, 1.54) is 29.7 Å². The van der Waals surface area contributed by atoms with Gasteiger partial charge in [0.2, 0.25) is 0 Å². The average molecular weight is 352 g/mol. The Hall–Kier alpha value is -2.11. The molecule has 0 amide bonds. The molecule has 0 bridgehead atoms. The quantitative estimate of drug-likeness (QED) is 0.899. The summed E-state index contributed by atoms with van der Waals surface area (Å²) < 4.78 is 7.89.